The van der Waals surface area contributed by atoms with Crippen molar-refractivity contribution in [2.75, 3.05) is 38.3 Å². The molecule has 2 saturated heterocycles. The lowest BCUT2D eigenvalue weighted by molar-refractivity contribution is -0.118. The largest absolute Gasteiger partial charge is 0.497 e. The Morgan fingerprint density at radius 1 is 1.12 bits per heavy atom. The van der Waals surface area contributed by atoms with Crippen LogP contribution in [-0.2, 0) is 28.9 Å². The summed E-state index contributed by atoms with van der Waals surface area (Å²) in [5.41, 5.74) is 3.46. The van der Waals surface area contributed by atoms with Crippen LogP contribution in [0.25, 0.3) is 0 Å². The molecule has 0 aliphatic carbocycles. The van der Waals surface area contributed by atoms with Gasteiger partial charge in [0.05, 0.1) is 39.6 Å². The summed E-state index contributed by atoms with van der Waals surface area (Å²) in [6.45, 7) is 10.0. The molecule has 5 rings (SSSR count). The van der Waals surface area contributed by atoms with Crippen molar-refractivity contribution in [3.8, 4) is 5.75 Å². The Kier molecular flexibility index (Phi) is 9.77. The summed E-state index contributed by atoms with van der Waals surface area (Å²) in [5.74, 6) is 1.40. The molecule has 0 radical (unpaired) electrons. The first-order chi connectivity index (χ1) is 20.3. The van der Waals surface area contributed by atoms with Crippen molar-refractivity contribution >= 4 is 24.9 Å². The van der Waals surface area contributed by atoms with Gasteiger partial charge in [-0.1, -0.05) is 54.7 Å². The molecule has 2 aromatic carbocycles. The fourth-order valence-electron chi connectivity index (χ4n) is 6.92. The topological polar surface area (TPSA) is 102 Å². The molecule has 4 atom stereocenters. The number of carbonyl (C=O) groups excluding carboxylic acids is 1. The van der Waals surface area contributed by atoms with E-state index in [0.29, 0.717) is 31.0 Å². The Bertz CT molecular complexity index is 1330. The molecule has 226 valence electrons. The third-order valence-corrected chi connectivity index (χ3v) is 13.6. The first-order valence-electron chi connectivity index (χ1n) is 15.2. The Balaban J connectivity index is 1.32. The van der Waals surface area contributed by atoms with E-state index in [4.69, 9.17) is 9.47 Å². The van der Waals surface area contributed by atoms with Gasteiger partial charge in [0.2, 0.25) is 5.91 Å². The van der Waals surface area contributed by atoms with Crippen LogP contribution in [0, 0.1) is 5.92 Å². The zero-order chi connectivity index (χ0) is 29.7. The van der Waals surface area contributed by atoms with E-state index in [1.54, 1.807) is 7.11 Å². The van der Waals surface area contributed by atoms with Crippen LogP contribution in [0.5, 0.6) is 5.75 Å². The number of amides is 1. The summed E-state index contributed by atoms with van der Waals surface area (Å²) in [6, 6.07) is 17.1. The van der Waals surface area contributed by atoms with Gasteiger partial charge in [0.15, 0.2) is 0 Å². The zero-order valence-electron chi connectivity index (χ0n) is 25.3. The lowest BCUT2D eigenvalue weighted by Crippen LogP contribution is -2.50. The minimum atomic E-state index is -1.95. The number of hydrogen-bond acceptors (Lipinski definition) is 7. The molecule has 0 saturated carbocycles. The van der Waals surface area contributed by atoms with Crippen LogP contribution in [0.2, 0.25) is 18.6 Å². The number of ether oxygens (including phenoxy) is 2. The van der Waals surface area contributed by atoms with Crippen molar-refractivity contribution in [2.45, 2.75) is 70.0 Å². The van der Waals surface area contributed by atoms with Gasteiger partial charge in [-0.2, -0.15) is 0 Å². The van der Waals surface area contributed by atoms with Gasteiger partial charge in [-0.15, -0.1) is 5.10 Å². The summed E-state index contributed by atoms with van der Waals surface area (Å²) in [7, 11) is -0.245. The summed E-state index contributed by atoms with van der Waals surface area (Å²) < 4.78 is 14.3. The number of benzene rings is 2. The molecule has 0 spiro atoms. The first kappa shape index (κ1) is 30.4. The van der Waals surface area contributed by atoms with Crippen LogP contribution in [-0.4, -0.2) is 79.6 Å². The predicted molar refractivity (Wildman–Crippen MR) is 167 cm³/mol. The first-order valence-corrected chi connectivity index (χ1v) is 18.3. The van der Waals surface area contributed by atoms with Crippen molar-refractivity contribution in [3.05, 3.63) is 66.0 Å². The highest BCUT2D eigenvalue weighted by Gasteiger charge is 2.50. The number of methoxy groups -OCH3 is 1. The van der Waals surface area contributed by atoms with E-state index in [9.17, 15) is 9.90 Å². The van der Waals surface area contributed by atoms with Crippen molar-refractivity contribution in [3.63, 3.8) is 0 Å². The third kappa shape index (κ3) is 6.77. The molecular weight excluding hydrogens is 546 g/mol. The molecule has 3 aromatic rings. The van der Waals surface area contributed by atoms with Crippen LogP contribution in [0.15, 0.2) is 54.7 Å². The van der Waals surface area contributed by atoms with E-state index in [1.807, 2.05) is 21.8 Å². The third-order valence-electron chi connectivity index (χ3n) is 9.20. The number of nitrogens with one attached hydrogen (secondary N) is 1. The van der Waals surface area contributed by atoms with Crippen molar-refractivity contribution < 1.29 is 19.4 Å². The molecule has 0 unspecified atom stereocenters. The number of aliphatic hydroxyl groups excluding tert-OH is 1. The number of rotatable bonds is 12. The molecule has 1 amide bonds. The predicted octanol–water partition coefficient (Wildman–Crippen LogP) is 3.17. The van der Waals surface area contributed by atoms with E-state index in [2.05, 4.69) is 78.1 Å². The van der Waals surface area contributed by atoms with E-state index in [0.717, 1.165) is 49.5 Å². The maximum absolute atomic E-state index is 12.5. The van der Waals surface area contributed by atoms with E-state index in [1.165, 1.54) is 10.8 Å². The number of aryl methyl sites for hydroxylation is 2. The van der Waals surface area contributed by atoms with Crippen LogP contribution < -0.4 is 20.1 Å². The second kappa shape index (κ2) is 13.5. The fourth-order valence-corrected chi connectivity index (χ4v) is 11.0. The van der Waals surface area contributed by atoms with Crippen molar-refractivity contribution in [2.24, 2.45) is 5.92 Å². The Labute approximate surface area is 250 Å². The number of anilines is 1. The van der Waals surface area contributed by atoms with Crippen molar-refractivity contribution in [1.29, 1.82) is 0 Å². The van der Waals surface area contributed by atoms with Gasteiger partial charge >= 0.3 is 0 Å². The molecule has 3 heterocycles. The number of nitrogens with zero attached hydrogens (tertiary/aromatic N) is 4. The smallest absolute Gasteiger partial charge is 0.240 e. The maximum Gasteiger partial charge on any atom is 0.240 e. The molecule has 2 fully saturated rings. The number of aliphatic hydroxyl groups is 1. The molecule has 2 N–H and O–H groups in total. The second-order valence-corrected chi connectivity index (χ2v) is 16.9. The summed E-state index contributed by atoms with van der Waals surface area (Å²) in [4.78, 5) is 14.3. The van der Waals surface area contributed by atoms with Gasteiger partial charge in [0, 0.05) is 44.5 Å². The van der Waals surface area contributed by atoms with Crippen LogP contribution in [0.1, 0.15) is 31.0 Å². The molecule has 0 bridgehead atoms. The van der Waals surface area contributed by atoms with Gasteiger partial charge < -0.3 is 24.8 Å². The van der Waals surface area contributed by atoms with Crippen LogP contribution in [0.3, 0.4) is 0 Å². The minimum absolute atomic E-state index is 0.0712. The number of carbonyl (C=O) groups is 1. The average Bonchev–Trinajstić information content (AvgIpc) is 3.59. The highest BCUT2D eigenvalue weighted by Crippen LogP contribution is 2.46. The van der Waals surface area contributed by atoms with Crippen LogP contribution >= 0.6 is 0 Å². The van der Waals surface area contributed by atoms with Gasteiger partial charge in [0.1, 0.15) is 5.75 Å². The molecule has 10 heteroatoms. The summed E-state index contributed by atoms with van der Waals surface area (Å²) in [6.07, 6.45) is 5.41. The van der Waals surface area contributed by atoms with Crippen LogP contribution in [0.4, 0.5) is 5.69 Å². The Morgan fingerprint density at radius 2 is 1.93 bits per heavy atom. The minimum Gasteiger partial charge on any atom is -0.497 e. The molecule has 9 nitrogen and oxygen atoms in total. The quantitative estimate of drug-likeness (QED) is 0.312. The normalized spacial score (nSPS) is 23.0. The average molecular weight is 592 g/mol. The highest BCUT2D eigenvalue weighted by molar-refractivity contribution is 6.91. The molecule has 2 aliphatic rings. The van der Waals surface area contributed by atoms with E-state index >= 15 is 0 Å². The molecule has 2 aliphatic heterocycles. The maximum atomic E-state index is 12.5. The lowest BCUT2D eigenvalue weighted by atomic mass is 9.95. The highest BCUT2D eigenvalue weighted by atomic mass is 28.3. The summed E-state index contributed by atoms with van der Waals surface area (Å²) >= 11 is 0. The Hall–Kier alpha value is -3.05. The zero-order valence-corrected chi connectivity index (χ0v) is 26.3. The second-order valence-electron chi connectivity index (χ2n) is 12.2. The standard InChI is InChI=1S/C32H45N5O4Si/c1-23-29(13-8-24-6-5-7-26(20-24)37-18-16-33-21-31(37)39)41-30(14-17-36-22-25(15-19-38)34-35-36)32(23)42(3,4)28-11-9-27(40-2)10-12-28/h5-7,9-12,20,22-23,29-30,32-33,38H,8,13-19,21H2,1-4H3/t23-,29+,30-,32+/m1/s1. The lowest BCUT2D eigenvalue weighted by Gasteiger charge is -2.36. The number of piperazine rings is 1. The van der Waals surface area contributed by atoms with Gasteiger partial charge in [-0.3, -0.25) is 9.48 Å². The summed E-state index contributed by atoms with van der Waals surface area (Å²) in [5, 5.41) is 22.3. The number of aromatic nitrogens is 3. The van der Waals surface area contributed by atoms with Gasteiger partial charge in [-0.05, 0) is 60.6 Å². The van der Waals surface area contributed by atoms with Gasteiger partial charge in [0.25, 0.3) is 0 Å². The fraction of sp³-hybridized carbons (Fsp3) is 0.531. The van der Waals surface area contributed by atoms with E-state index < -0.39 is 8.07 Å². The van der Waals surface area contributed by atoms with E-state index in [-0.39, 0.29) is 24.7 Å². The SMILES string of the molecule is COc1ccc([Si](C)(C)[C@H]2[C@H](C)[C@H](CCc3cccc(N4CCNCC4=O)c3)O[C@@H]2CCn2cc(CCO)nn2)cc1. The molecule has 1 aromatic heterocycles. The van der Waals surface area contributed by atoms with Gasteiger partial charge in [-0.25, -0.2) is 0 Å². The van der Waals surface area contributed by atoms with Crippen molar-refractivity contribution in [1.82, 2.24) is 20.3 Å². The molecule has 42 heavy (non-hydrogen) atoms. The Morgan fingerprint density at radius 3 is 2.67 bits per heavy atom. The molecular formula is C32H45N5O4Si. The monoisotopic (exact) mass is 591 g/mol. The number of hydrogen-bond donors (Lipinski definition) is 2.